The van der Waals surface area contributed by atoms with Crippen LogP contribution in [0, 0.1) is 0 Å². The highest BCUT2D eigenvalue weighted by molar-refractivity contribution is 6.04. The molecule has 0 atom stereocenters. The number of anilines is 1. The van der Waals surface area contributed by atoms with E-state index in [1.54, 1.807) is 31.4 Å². The van der Waals surface area contributed by atoms with Crippen LogP contribution >= 0.6 is 12.4 Å². The molecular formula is C19H25ClN2O3. The number of nitrogens with one attached hydrogen (secondary N) is 2. The van der Waals surface area contributed by atoms with Crippen LogP contribution in [0.2, 0.25) is 0 Å². The smallest absolute Gasteiger partial charge is 0.255 e. The number of carbonyl (C=O) groups excluding carboxylic acids is 1. The number of benzene rings is 2. The van der Waals surface area contributed by atoms with E-state index in [4.69, 9.17) is 9.47 Å². The van der Waals surface area contributed by atoms with Gasteiger partial charge in [-0.2, -0.15) is 0 Å². The van der Waals surface area contributed by atoms with E-state index >= 15 is 0 Å². The first-order chi connectivity index (χ1) is 11.7. The van der Waals surface area contributed by atoms with Gasteiger partial charge in [0.15, 0.2) is 0 Å². The molecule has 0 saturated heterocycles. The van der Waals surface area contributed by atoms with Crippen LogP contribution in [-0.4, -0.2) is 32.8 Å². The highest BCUT2D eigenvalue weighted by Gasteiger charge is 2.09. The lowest BCUT2D eigenvalue weighted by molar-refractivity contribution is 0.102. The van der Waals surface area contributed by atoms with Crippen molar-refractivity contribution in [3.63, 3.8) is 0 Å². The second kappa shape index (κ2) is 11.5. The number of methoxy groups -OCH3 is 1. The van der Waals surface area contributed by atoms with Crippen molar-refractivity contribution in [2.75, 3.05) is 32.2 Å². The summed E-state index contributed by atoms with van der Waals surface area (Å²) in [5, 5.41) is 6.24. The fourth-order valence-electron chi connectivity index (χ4n) is 2.20. The third kappa shape index (κ3) is 6.74. The Balaban J connectivity index is 0.00000312. The molecule has 5 nitrogen and oxygen atoms in total. The molecule has 2 aromatic carbocycles. The van der Waals surface area contributed by atoms with Crippen LogP contribution in [0.25, 0.3) is 0 Å². The summed E-state index contributed by atoms with van der Waals surface area (Å²) >= 11 is 0. The summed E-state index contributed by atoms with van der Waals surface area (Å²) in [6, 6.07) is 14.9. The van der Waals surface area contributed by atoms with E-state index in [0.29, 0.717) is 18.8 Å². The molecule has 0 aromatic heterocycles. The van der Waals surface area contributed by atoms with Crippen molar-refractivity contribution >= 4 is 24.0 Å². The predicted molar refractivity (Wildman–Crippen MR) is 103 cm³/mol. The zero-order valence-corrected chi connectivity index (χ0v) is 15.4. The summed E-state index contributed by atoms with van der Waals surface area (Å²) in [7, 11) is 1.63. The van der Waals surface area contributed by atoms with E-state index in [1.807, 2.05) is 24.3 Å². The summed E-state index contributed by atoms with van der Waals surface area (Å²) in [5.41, 5.74) is 2.48. The Bertz CT molecular complexity index is 647. The Morgan fingerprint density at radius 2 is 1.76 bits per heavy atom. The van der Waals surface area contributed by atoms with Gasteiger partial charge in [0.2, 0.25) is 0 Å². The van der Waals surface area contributed by atoms with Crippen LogP contribution in [0.4, 0.5) is 5.69 Å². The van der Waals surface area contributed by atoms with Crippen molar-refractivity contribution in [3.8, 4) is 5.75 Å². The second-order valence-electron chi connectivity index (χ2n) is 5.26. The molecule has 0 aliphatic carbocycles. The number of amides is 1. The van der Waals surface area contributed by atoms with Crippen molar-refractivity contribution in [3.05, 3.63) is 59.7 Å². The van der Waals surface area contributed by atoms with Gasteiger partial charge in [-0.15, -0.1) is 12.4 Å². The van der Waals surface area contributed by atoms with Gasteiger partial charge in [0.25, 0.3) is 5.91 Å². The second-order valence-corrected chi connectivity index (χ2v) is 5.26. The molecule has 2 N–H and O–H groups in total. The van der Waals surface area contributed by atoms with Gasteiger partial charge in [-0.3, -0.25) is 4.79 Å². The minimum absolute atomic E-state index is 0. The summed E-state index contributed by atoms with van der Waals surface area (Å²) in [4.78, 5) is 12.4. The molecule has 0 unspecified atom stereocenters. The van der Waals surface area contributed by atoms with Gasteiger partial charge in [0.1, 0.15) is 12.4 Å². The standard InChI is InChI=1S/C19H24N2O3.ClH/c1-3-20-14-16-6-4-5-7-18(16)21-19(22)15-8-10-17(11-9-15)24-13-12-23-2;/h4-11,20H,3,12-14H2,1-2H3,(H,21,22);1H. The Morgan fingerprint density at radius 1 is 1.04 bits per heavy atom. The lowest BCUT2D eigenvalue weighted by atomic mass is 10.1. The molecule has 0 fully saturated rings. The molecule has 136 valence electrons. The minimum Gasteiger partial charge on any atom is -0.491 e. The van der Waals surface area contributed by atoms with Crippen LogP contribution in [0.3, 0.4) is 0 Å². The lowest BCUT2D eigenvalue weighted by Gasteiger charge is -2.12. The third-order valence-corrected chi connectivity index (χ3v) is 3.50. The fourth-order valence-corrected chi connectivity index (χ4v) is 2.20. The van der Waals surface area contributed by atoms with E-state index in [9.17, 15) is 4.79 Å². The molecule has 6 heteroatoms. The van der Waals surface area contributed by atoms with Gasteiger partial charge in [0.05, 0.1) is 6.61 Å². The summed E-state index contributed by atoms with van der Waals surface area (Å²) < 4.78 is 10.4. The molecule has 0 heterocycles. The number of rotatable bonds is 9. The predicted octanol–water partition coefficient (Wildman–Crippen LogP) is 3.50. The van der Waals surface area contributed by atoms with E-state index < -0.39 is 0 Å². The maximum absolute atomic E-state index is 12.4. The number of para-hydroxylation sites is 1. The largest absolute Gasteiger partial charge is 0.491 e. The number of hydrogen-bond acceptors (Lipinski definition) is 4. The van der Waals surface area contributed by atoms with E-state index in [1.165, 1.54) is 0 Å². The maximum Gasteiger partial charge on any atom is 0.255 e. The Hall–Kier alpha value is -2.08. The van der Waals surface area contributed by atoms with Gasteiger partial charge < -0.3 is 20.1 Å². The van der Waals surface area contributed by atoms with Crippen molar-refractivity contribution in [1.29, 1.82) is 0 Å². The number of hydrogen-bond donors (Lipinski definition) is 2. The maximum atomic E-state index is 12.4. The molecular weight excluding hydrogens is 340 g/mol. The summed E-state index contributed by atoms with van der Waals surface area (Å²) in [5.74, 6) is 0.582. The van der Waals surface area contributed by atoms with Gasteiger partial charge >= 0.3 is 0 Å². The minimum atomic E-state index is -0.137. The molecule has 0 radical (unpaired) electrons. The van der Waals surface area contributed by atoms with Gasteiger partial charge in [0, 0.05) is 24.9 Å². The average Bonchev–Trinajstić information content (AvgIpc) is 2.62. The lowest BCUT2D eigenvalue weighted by Crippen LogP contribution is -2.17. The molecule has 2 aromatic rings. The number of halogens is 1. The van der Waals surface area contributed by atoms with Crippen molar-refractivity contribution < 1.29 is 14.3 Å². The van der Waals surface area contributed by atoms with Gasteiger partial charge in [-0.25, -0.2) is 0 Å². The van der Waals surface area contributed by atoms with Gasteiger partial charge in [-0.05, 0) is 42.4 Å². The van der Waals surface area contributed by atoms with Crippen molar-refractivity contribution in [2.24, 2.45) is 0 Å². The molecule has 1 amide bonds. The average molecular weight is 365 g/mol. The third-order valence-electron chi connectivity index (χ3n) is 3.50. The highest BCUT2D eigenvalue weighted by Crippen LogP contribution is 2.17. The fraction of sp³-hybridized carbons (Fsp3) is 0.316. The monoisotopic (exact) mass is 364 g/mol. The Kier molecular flexibility index (Phi) is 9.62. The quantitative estimate of drug-likeness (QED) is 0.669. The first kappa shape index (κ1) is 21.0. The zero-order valence-electron chi connectivity index (χ0n) is 14.6. The van der Waals surface area contributed by atoms with Crippen LogP contribution in [0.15, 0.2) is 48.5 Å². The Morgan fingerprint density at radius 3 is 2.44 bits per heavy atom. The van der Waals surface area contributed by atoms with Crippen molar-refractivity contribution in [1.82, 2.24) is 5.32 Å². The van der Waals surface area contributed by atoms with Crippen LogP contribution in [-0.2, 0) is 11.3 Å². The Labute approximate surface area is 155 Å². The summed E-state index contributed by atoms with van der Waals surface area (Å²) in [6.45, 7) is 4.67. The number of carbonyl (C=O) groups is 1. The molecule has 0 spiro atoms. The van der Waals surface area contributed by atoms with Crippen molar-refractivity contribution in [2.45, 2.75) is 13.5 Å². The normalized spacial score (nSPS) is 10.0. The van der Waals surface area contributed by atoms with Crippen LogP contribution < -0.4 is 15.4 Å². The summed E-state index contributed by atoms with van der Waals surface area (Å²) in [6.07, 6.45) is 0. The molecule has 0 bridgehead atoms. The van der Waals surface area contributed by atoms with Crippen LogP contribution in [0.1, 0.15) is 22.8 Å². The van der Waals surface area contributed by atoms with E-state index in [0.717, 1.165) is 30.1 Å². The molecule has 0 aliphatic heterocycles. The molecule has 0 saturated carbocycles. The first-order valence-electron chi connectivity index (χ1n) is 8.06. The van der Waals surface area contributed by atoms with Gasteiger partial charge in [-0.1, -0.05) is 25.1 Å². The molecule has 2 rings (SSSR count). The highest BCUT2D eigenvalue weighted by atomic mass is 35.5. The molecule has 25 heavy (non-hydrogen) atoms. The zero-order chi connectivity index (χ0) is 17.2. The number of ether oxygens (including phenoxy) is 2. The SMILES string of the molecule is CCNCc1ccccc1NC(=O)c1ccc(OCCOC)cc1.Cl. The van der Waals surface area contributed by atoms with Crippen LogP contribution in [0.5, 0.6) is 5.75 Å². The topological polar surface area (TPSA) is 59.6 Å². The first-order valence-corrected chi connectivity index (χ1v) is 8.06. The molecule has 0 aliphatic rings. The van der Waals surface area contributed by atoms with E-state index in [-0.39, 0.29) is 18.3 Å². The van der Waals surface area contributed by atoms with E-state index in [2.05, 4.69) is 17.6 Å².